The van der Waals surface area contributed by atoms with E-state index in [4.69, 9.17) is 39.5 Å². The lowest BCUT2D eigenvalue weighted by Crippen LogP contribution is -2.53. The zero-order valence-corrected chi connectivity index (χ0v) is 12.5. The van der Waals surface area contributed by atoms with Crippen molar-refractivity contribution in [2.24, 2.45) is 0 Å². The Balaban J connectivity index is 2.17. The van der Waals surface area contributed by atoms with E-state index in [2.05, 4.69) is 5.32 Å². The Kier molecular flexibility index (Phi) is 4.96. The minimum Gasteiger partial charge on any atom is -0.381 e. The third-order valence-electron chi connectivity index (χ3n) is 3.28. The number of alkyl halides is 1. The van der Waals surface area contributed by atoms with Gasteiger partial charge in [-0.05, 0) is 25.0 Å². The van der Waals surface area contributed by atoms with Crippen LogP contribution in [-0.2, 0) is 4.74 Å². The van der Waals surface area contributed by atoms with Gasteiger partial charge in [0.1, 0.15) is 0 Å². The Morgan fingerprint density at radius 1 is 1.32 bits per heavy atom. The summed E-state index contributed by atoms with van der Waals surface area (Å²) >= 11 is 18.0. The number of rotatable bonds is 3. The van der Waals surface area contributed by atoms with E-state index in [1.165, 1.54) is 0 Å². The number of carbonyl (C=O) groups is 1. The van der Waals surface area contributed by atoms with Gasteiger partial charge in [-0.1, -0.05) is 29.3 Å². The van der Waals surface area contributed by atoms with Crippen LogP contribution >= 0.6 is 34.8 Å². The van der Waals surface area contributed by atoms with Crippen molar-refractivity contribution < 1.29 is 9.53 Å². The number of benzene rings is 1. The van der Waals surface area contributed by atoms with Gasteiger partial charge in [0.05, 0.1) is 21.1 Å². The van der Waals surface area contributed by atoms with E-state index in [-0.39, 0.29) is 10.9 Å². The predicted molar refractivity (Wildman–Crippen MR) is 77.4 cm³/mol. The van der Waals surface area contributed by atoms with E-state index < -0.39 is 5.54 Å². The molecule has 19 heavy (non-hydrogen) atoms. The van der Waals surface area contributed by atoms with Gasteiger partial charge in [-0.15, -0.1) is 11.6 Å². The van der Waals surface area contributed by atoms with Crippen LogP contribution in [0.5, 0.6) is 0 Å². The summed E-state index contributed by atoms with van der Waals surface area (Å²) < 4.78 is 5.30. The lowest BCUT2D eigenvalue weighted by molar-refractivity contribution is 0.0434. The number of nitrogens with one attached hydrogen (secondary N) is 1. The fourth-order valence-electron chi connectivity index (χ4n) is 2.04. The van der Waals surface area contributed by atoms with E-state index >= 15 is 0 Å². The van der Waals surface area contributed by atoms with Gasteiger partial charge in [0.15, 0.2) is 0 Å². The molecule has 0 bridgehead atoms. The maximum atomic E-state index is 12.3. The Morgan fingerprint density at radius 2 is 2.00 bits per heavy atom. The molecule has 1 amide bonds. The van der Waals surface area contributed by atoms with E-state index in [0.717, 1.165) is 0 Å². The van der Waals surface area contributed by atoms with Crippen LogP contribution in [0.3, 0.4) is 0 Å². The zero-order chi connectivity index (χ0) is 13.9. The maximum Gasteiger partial charge on any atom is 0.253 e. The van der Waals surface area contributed by atoms with Crippen molar-refractivity contribution in [3.63, 3.8) is 0 Å². The minimum absolute atomic E-state index is 0.255. The van der Waals surface area contributed by atoms with Crippen LogP contribution < -0.4 is 5.32 Å². The van der Waals surface area contributed by atoms with Gasteiger partial charge in [-0.25, -0.2) is 0 Å². The highest BCUT2D eigenvalue weighted by Crippen LogP contribution is 2.27. The van der Waals surface area contributed by atoms with Gasteiger partial charge in [0.2, 0.25) is 0 Å². The molecule has 0 aliphatic carbocycles. The normalized spacial score (nSPS) is 18.1. The Morgan fingerprint density at radius 3 is 2.63 bits per heavy atom. The van der Waals surface area contributed by atoms with Crippen LogP contribution in [0.1, 0.15) is 23.2 Å². The summed E-state index contributed by atoms with van der Waals surface area (Å²) in [6.07, 6.45) is 1.39. The second-order valence-corrected chi connectivity index (χ2v) is 5.63. The van der Waals surface area contributed by atoms with Crippen LogP contribution in [-0.4, -0.2) is 30.5 Å². The molecule has 1 aromatic rings. The molecule has 0 spiro atoms. The lowest BCUT2D eigenvalue weighted by Gasteiger charge is -2.36. The van der Waals surface area contributed by atoms with Gasteiger partial charge >= 0.3 is 0 Å². The van der Waals surface area contributed by atoms with Crippen LogP contribution in [0.15, 0.2) is 18.2 Å². The summed E-state index contributed by atoms with van der Waals surface area (Å²) in [5.74, 6) is 0.0929. The first-order valence-electron chi connectivity index (χ1n) is 5.98. The molecule has 3 nitrogen and oxygen atoms in total. The Bertz CT molecular complexity index is 473. The first-order valence-corrected chi connectivity index (χ1v) is 7.27. The largest absolute Gasteiger partial charge is 0.381 e. The standard InChI is InChI=1S/C13H14Cl3NO2/c14-8-13(4-6-19-7-5-13)17-12(18)9-2-1-3-10(15)11(9)16/h1-3H,4-8H2,(H,17,18). The fourth-order valence-corrected chi connectivity index (χ4v) is 2.76. The van der Waals surface area contributed by atoms with Crippen LogP contribution in [0.2, 0.25) is 10.0 Å². The average molecular weight is 323 g/mol. The van der Waals surface area contributed by atoms with Crippen molar-refractivity contribution >= 4 is 40.7 Å². The summed E-state index contributed by atoms with van der Waals surface area (Å²) in [6.45, 7) is 1.19. The number of hydrogen-bond acceptors (Lipinski definition) is 2. The molecule has 1 heterocycles. The molecule has 104 valence electrons. The highest BCUT2D eigenvalue weighted by Gasteiger charge is 2.34. The van der Waals surface area contributed by atoms with Crippen molar-refractivity contribution in [2.75, 3.05) is 19.1 Å². The third kappa shape index (κ3) is 3.34. The minimum atomic E-state index is -0.428. The summed E-state index contributed by atoms with van der Waals surface area (Å²) in [4.78, 5) is 12.3. The number of hydrogen-bond donors (Lipinski definition) is 1. The van der Waals surface area contributed by atoms with Gasteiger partial charge in [-0.2, -0.15) is 0 Å². The average Bonchev–Trinajstić information content (AvgIpc) is 2.42. The number of ether oxygens (including phenoxy) is 1. The van der Waals surface area contributed by atoms with Crippen molar-refractivity contribution in [3.8, 4) is 0 Å². The molecular weight excluding hydrogens is 309 g/mol. The zero-order valence-electron chi connectivity index (χ0n) is 10.2. The Hall–Kier alpha value is -0.480. The summed E-state index contributed by atoms with van der Waals surface area (Å²) in [6, 6.07) is 4.98. The van der Waals surface area contributed by atoms with E-state index in [9.17, 15) is 4.79 Å². The van der Waals surface area contributed by atoms with Crippen molar-refractivity contribution in [2.45, 2.75) is 18.4 Å². The molecule has 0 aromatic heterocycles. The van der Waals surface area contributed by atoms with Gasteiger partial charge < -0.3 is 10.1 Å². The molecular formula is C13H14Cl3NO2. The first-order chi connectivity index (χ1) is 9.08. The highest BCUT2D eigenvalue weighted by molar-refractivity contribution is 6.43. The van der Waals surface area contributed by atoms with Crippen LogP contribution in [0.25, 0.3) is 0 Å². The van der Waals surface area contributed by atoms with Crippen molar-refractivity contribution in [3.05, 3.63) is 33.8 Å². The van der Waals surface area contributed by atoms with Gasteiger partial charge in [-0.3, -0.25) is 4.79 Å². The fraction of sp³-hybridized carbons (Fsp3) is 0.462. The third-order valence-corrected chi connectivity index (χ3v) is 4.61. The quantitative estimate of drug-likeness (QED) is 0.865. The molecule has 0 radical (unpaired) electrons. The van der Waals surface area contributed by atoms with Crippen LogP contribution in [0, 0.1) is 0 Å². The molecule has 1 aliphatic rings. The summed E-state index contributed by atoms with van der Waals surface area (Å²) in [5.41, 5.74) is -0.0622. The molecule has 1 fully saturated rings. The number of halogens is 3. The number of carbonyl (C=O) groups excluding carboxylic acids is 1. The molecule has 0 saturated carbocycles. The van der Waals surface area contributed by atoms with E-state index in [1.54, 1.807) is 18.2 Å². The molecule has 2 rings (SSSR count). The first kappa shape index (κ1) is 14.9. The topological polar surface area (TPSA) is 38.3 Å². The SMILES string of the molecule is O=C(NC1(CCl)CCOCC1)c1cccc(Cl)c1Cl. The second-order valence-electron chi connectivity index (χ2n) is 4.58. The Labute approximate surface area is 127 Å². The smallest absolute Gasteiger partial charge is 0.253 e. The predicted octanol–water partition coefficient (Wildman–Crippen LogP) is 3.51. The van der Waals surface area contributed by atoms with Crippen molar-refractivity contribution in [1.29, 1.82) is 0 Å². The van der Waals surface area contributed by atoms with Crippen LogP contribution in [0.4, 0.5) is 0 Å². The molecule has 0 atom stereocenters. The highest BCUT2D eigenvalue weighted by atomic mass is 35.5. The van der Waals surface area contributed by atoms with Gasteiger partial charge in [0.25, 0.3) is 5.91 Å². The van der Waals surface area contributed by atoms with E-state index in [0.29, 0.717) is 42.5 Å². The lowest BCUT2D eigenvalue weighted by atomic mass is 9.92. The molecule has 1 saturated heterocycles. The maximum absolute atomic E-state index is 12.3. The summed E-state index contributed by atoms with van der Waals surface area (Å²) in [7, 11) is 0. The molecule has 1 aromatic carbocycles. The second kappa shape index (κ2) is 6.31. The number of amides is 1. The molecule has 1 aliphatic heterocycles. The molecule has 1 N–H and O–H groups in total. The molecule has 6 heteroatoms. The molecule has 0 unspecified atom stereocenters. The monoisotopic (exact) mass is 321 g/mol. The van der Waals surface area contributed by atoms with E-state index in [1.807, 2.05) is 0 Å². The van der Waals surface area contributed by atoms with Crippen molar-refractivity contribution in [1.82, 2.24) is 5.32 Å². The summed E-state index contributed by atoms with van der Waals surface area (Å²) in [5, 5.41) is 3.60. The van der Waals surface area contributed by atoms with Gasteiger partial charge in [0, 0.05) is 19.1 Å².